The van der Waals surface area contributed by atoms with Gasteiger partial charge in [0.05, 0.1) is 5.75 Å². The van der Waals surface area contributed by atoms with Crippen molar-refractivity contribution >= 4 is 21.4 Å². The summed E-state index contributed by atoms with van der Waals surface area (Å²) >= 11 is 5.84. The Kier molecular flexibility index (Phi) is 4.77. The van der Waals surface area contributed by atoms with Crippen LogP contribution >= 0.6 is 11.6 Å². The topological polar surface area (TPSA) is 54.4 Å². The lowest BCUT2D eigenvalue weighted by Gasteiger charge is -2.14. The number of hydrogen-bond acceptors (Lipinski definition) is 3. The molecule has 0 fully saturated rings. The predicted molar refractivity (Wildman–Crippen MR) is 65.6 cm³/mol. The maximum Gasteiger partial charge on any atom is 0.147 e. The van der Waals surface area contributed by atoms with Crippen molar-refractivity contribution in [3.63, 3.8) is 0 Å². The first kappa shape index (κ1) is 13.5. The molecule has 0 saturated heterocycles. The van der Waals surface area contributed by atoms with Crippen LogP contribution in [0.15, 0.2) is 24.3 Å². The molecule has 0 aromatic heterocycles. The van der Waals surface area contributed by atoms with E-state index < -0.39 is 9.84 Å². The number of halogens is 1. The van der Waals surface area contributed by atoms with Crippen LogP contribution < -0.4 is 0 Å². The number of hydrogen-bond donors (Lipinski definition) is 1. The SMILES string of the molecule is CS(=O)(=O)CCC(CO)c1cccc(Cl)c1. The molecular formula is C11H15ClO3S. The van der Waals surface area contributed by atoms with Crippen LogP contribution in [-0.2, 0) is 9.84 Å². The summed E-state index contributed by atoms with van der Waals surface area (Å²) in [5.41, 5.74) is 0.874. The molecule has 0 bridgehead atoms. The summed E-state index contributed by atoms with van der Waals surface area (Å²) < 4.78 is 22.1. The third-order valence-corrected chi connectivity index (χ3v) is 3.59. The van der Waals surface area contributed by atoms with E-state index >= 15 is 0 Å². The number of rotatable bonds is 5. The van der Waals surface area contributed by atoms with Crippen molar-refractivity contribution < 1.29 is 13.5 Å². The number of sulfone groups is 1. The maximum atomic E-state index is 11.0. The van der Waals surface area contributed by atoms with Crippen molar-refractivity contribution in [2.45, 2.75) is 12.3 Å². The second-order valence-corrected chi connectivity index (χ2v) is 6.55. The van der Waals surface area contributed by atoms with Crippen molar-refractivity contribution in [3.05, 3.63) is 34.9 Å². The third-order valence-electron chi connectivity index (χ3n) is 2.38. The molecule has 0 spiro atoms. The van der Waals surface area contributed by atoms with Crippen molar-refractivity contribution in [2.75, 3.05) is 18.6 Å². The first-order chi connectivity index (χ1) is 7.42. The van der Waals surface area contributed by atoms with Crippen molar-refractivity contribution in [3.8, 4) is 0 Å². The van der Waals surface area contributed by atoms with E-state index in [1.54, 1.807) is 18.2 Å². The molecule has 1 aromatic carbocycles. The largest absolute Gasteiger partial charge is 0.396 e. The monoisotopic (exact) mass is 262 g/mol. The third kappa shape index (κ3) is 4.51. The lowest BCUT2D eigenvalue weighted by molar-refractivity contribution is 0.262. The predicted octanol–water partition coefficient (Wildman–Crippen LogP) is 1.85. The van der Waals surface area contributed by atoms with Crippen LogP contribution in [0.2, 0.25) is 5.02 Å². The van der Waals surface area contributed by atoms with Crippen molar-refractivity contribution in [1.29, 1.82) is 0 Å². The van der Waals surface area contributed by atoms with Gasteiger partial charge in [-0.05, 0) is 24.1 Å². The van der Waals surface area contributed by atoms with Gasteiger partial charge in [-0.25, -0.2) is 8.42 Å². The van der Waals surface area contributed by atoms with Gasteiger partial charge in [-0.3, -0.25) is 0 Å². The Labute approximate surface area is 101 Å². The molecule has 1 unspecified atom stereocenters. The minimum absolute atomic E-state index is 0.0735. The first-order valence-corrected chi connectivity index (χ1v) is 7.40. The Morgan fingerprint density at radius 2 is 2.12 bits per heavy atom. The Morgan fingerprint density at radius 3 is 2.62 bits per heavy atom. The van der Waals surface area contributed by atoms with E-state index in [2.05, 4.69) is 0 Å². The number of benzene rings is 1. The van der Waals surface area contributed by atoms with Crippen LogP contribution in [0, 0.1) is 0 Å². The fraction of sp³-hybridized carbons (Fsp3) is 0.455. The van der Waals surface area contributed by atoms with Crippen LogP contribution in [0.5, 0.6) is 0 Å². The highest BCUT2D eigenvalue weighted by Gasteiger charge is 2.13. The fourth-order valence-electron chi connectivity index (χ4n) is 1.48. The van der Waals surface area contributed by atoms with Crippen molar-refractivity contribution in [2.24, 2.45) is 0 Å². The fourth-order valence-corrected chi connectivity index (χ4v) is 2.39. The summed E-state index contributed by atoms with van der Waals surface area (Å²) in [6, 6.07) is 7.14. The molecule has 1 aromatic rings. The van der Waals surface area contributed by atoms with Gasteiger partial charge in [0.15, 0.2) is 0 Å². The van der Waals surface area contributed by atoms with Gasteiger partial charge < -0.3 is 5.11 Å². The Bertz CT molecular complexity index is 442. The van der Waals surface area contributed by atoms with E-state index in [0.29, 0.717) is 11.4 Å². The molecule has 90 valence electrons. The minimum Gasteiger partial charge on any atom is -0.396 e. The van der Waals surface area contributed by atoms with Crippen LogP contribution in [-0.4, -0.2) is 32.1 Å². The van der Waals surface area contributed by atoms with Crippen LogP contribution in [0.4, 0.5) is 0 Å². The van der Waals surface area contributed by atoms with Gasteiger partial charge in [0.25, 0.3) is 0 Å². The smallest absolute Gasteiger partial charge is 0.147 e. The minimum atomic E-state index is -2.99. The highest BCUT2D eigenvalue weighted by atomic mass is 35.5. The van der Waals surface area contributed by atoms with E-state index in [-0.39, 0.29) is 18.3 Å². The van der Waals surface area contributed by atoms with Gasteiger partial charge in [-0.2, -0.15) is 0 Å². The normalized spacial score (nSPS) is 13.7. The highest BCUT2D eigenvalue weighted by Crippen LogP contribution is 2.22. The van der Waals surface area contributed by atoms with E-state index in [0.717, 1.165) is 5.56 Å². The van der Waals surface area contributed by atoms with Crippen LogP contribution in [0.1, 0.15) is 17.9 Å². The zero-order valence-corrected chi connectivity index (χ0v) is 10.6. The second-order valence-electron chi connectivity index (χ2n) is 3.85. The zero-order chi connectivity index (χ0) is 12.2. The average molecular weight is 263 g/mol. The molecule has 1 N–H and O–H groups in total. The van der Waals surface area contributed by atoms with Gasteiger partial charge in [-0.15, -0.1) is 0 Å². The number of aliphatic hydroxyl groups is 1. The van der Waals surface area contributed by atoms with Crippen molar-refractivity contribution in [1.82, 2.24) is 0 Å². The van der Waals surface area contributed by atoms with Gasteiger partial charge in [-0.1, -0.05) is 23.7 Å². The molecule has 16 heavy (non-hydrogen) atoms. The Balaban J connectivity index is 2.75. The zero-order valence-electron chi connectivity index (χ0n) is 9.06. The summed E-state index contributed by atoms with van der Waals surface area (Å²) in [7, 11) is -2.99. The maximum absolute atomic E-state index is 11.0. The molecule has 0 saturated carbocycles. The van der Waals surface area contributed by atoms with Crippen LogP contribution in [0.25, 0.3) is 0 Å². The van der Waals surface area contributed by atoms with Crippen LogP contribution in [0.3, 0.4) is 0 Å². The molecule has 0 aliphatic carbocycles. The Morgan fingerprint density at radius 1 is 1.44 bits per heavy atom. The first-order valence-electron chi connectivity index (χ1n) is 4.96. The lowest BCUT2D eigenvalue weighted by Crippen LogP contribution is -2.11. The molecule has 1 rings (SSSR count). The van der Waals surface area contributed by atoms with E-state index in [1.807, 2.05) is 6.07 Å². The molecule has 0 aliphatic heterocycles. The summed E-state index contributed by atoms with van der Waals surface area (Å²) in [6.45, 7) is -0.0735. The molecule has 0 heterocycles. The molecule has 3 nitrogen and oxygen atoms in total. The molecule has 0 aliphatic rings. The Hall–Kier alpha value is -0.580. The summed E-state index contributed by atoms with van der Waals surface area (Å²) in [5, 5.41) is 9.82. The molecule has 1 atom stereocenters. The van der Waals surface area contributed by atoms with E-state index in [4.69, 9.17) is 11.6 Å². The molecular weight excluding hydrogens is 248 g/mol. The summed E-state index contributed by atoms with van der Waals surface area (Å²) in [4.78, 5) is 0. The molecule has 5 heteroatoms. The van der Waals surface area contributed by atoms with E-state index in [1.165, 1.54) is 6.26 Å². The van der Waals surface area contributed by atoms with Gasteiger partial charge in [0, 0.05) is 23.8 Å². The van der Waals surface area contributed by atoms with Gasteiger partial charge in [0.1, 0.15) is 9.84 Å². The quantitative estimate of drug-likeness (QED) is 0.881. The second kappa shape index (κ2) is 5.66. The van der Waals surface area contributed by atoms with E-state index in [9.17, 15) is 13.5 Å². The summed E-state index contributed by atoms with van der Waals surface area (Å²) in [5.74, 6) is -0.0986. The molecule has 0 amide bonds. The number of aliphatic hydroxyl groups excluding tert-OH is 1. The lowest BCUT2D eigenvalue weighted by atomic mass is 9.98. The van der Waals surface area contributed by atoms with Gasteiger partial charge >= 0.3 is 0 Å². The average Bonchev–Trinajstić information content (AvgIpc) is 2.17. The van der Waals surface area contributed by atoms with Gasteiger partial charge in [0.2, 0.25) is 0 Å². The molecule has 0 radical (unpaired) electrons. The standard InChI is InChI=1S/C11H15ClO3S/c1-16(14,15)6-5-10(8-13)9-3-2-4-11(12)7-9/h2-4,7,10,13H,5-6,8H2,1H3. The summed E-state index contributed by atoms with van der Waals surface area (Å²) in [6.07, 6.45) is 1.61. The highest BCUT2D eigenvalue weighted by molar-refractivity contribution is 7.90.